The molecule has 3 heteroatoms. The fraction of sp³-hybridized carbons (Fsp3) is 0.250. The maximum absolute atomic E-state index is 5.96. The van der Waals surface area contributed by atoms with Crippen molar-refractivity contribution in [3.05, 3.63) is 54.1 Å². The van der Waals surface area contributed by atoms with Crippen LogP contribution < -0.4 is 14.8 Å². The van der Waals surface area contributed by atoms with E-state index in [1.807, 2.05) is 42.5 Å². The number of hydrogen-bond acceptors (Lipinski definition) is 3. The van der Waals surface area contributed by atoms with Gasteiger partial charge in [-0.1, -0.05) is 37.3 Å². The van der Waals surface area contributed by atoms with Gasteiger partial charge in [-0.3, -0.25) is 0 Å². The first-order chi connectivity index (χ1) is 9.35. The third-order valence-electron chi connectivity index (χ3n) is 2.83. The third kappa shape index (κ3) is 3.48. The van der Waals surface area contributed by atoms with Gasteiger partial charge in [-0.15, -0.1) is 0 Å². The van der Waals surface area contributed by atoms with Gasteiger partial charge in [-0.05, 0) is 24.7 Å². The number of para-hydroxylation sites is 3. The second-order valence-electron chi connectivity index (χ2n) is 4.14. The summed E-state index contributed by atoms with van der Waals surface area (Å²) in [6, 6.07) is 15.7. The quantitative estimate of drug-likeness (QED) is 0.857. The second-order valence-corrected chi connectivity index (χ2v) is 4.14. The van der Waals surface area contributed by atoms with Crippen LogP contribution in [-0.2, 0) is 6.54 Å². The SMILES string of the molecule is CCNCc1ccccc1Oc1ccccc1OC. The summed E-state index contributed by atoms with van der Waals surface area (Å²) in [6.07, 6.45) is 0. The molecular weight excluding hydrogens is 238 g/mol. The van der Waals surface area contributed by atoms with Gasteiger partial charge in [-0.2, -0.15) is 0 Å². The first-order valence-electron chi connectivity index (χ1n) is 6.44. The summed E-state index contributed by atoms with van der Waals surface area (Å²) in [5.41, 5.74) is 1.13. The average Bonchev–Trinajstić information content (AvgIpc) is 2.47. The average molecular weight is 257 g/mol. The van der Waals surface area contributed by atoms with Crippen molar-refractivity contribution in [3.8, 4) is 17.2 Å². The molecule has 0 fully saturated rings. The maximum atomic E-state index is 5.96. The van der Waals surface area contributed by atoms with Crippen molar-refractivity contribution in [2.75, 3.05) is 13.7 Å². The molecule has 2 rings (SSSR count). The molecule has 0 aliphatic heterocycles. The van der Waals surface area contributed by atoms with Crippen molar-refractivity contribution >= 4 is 0 Å². The van der Waals surface area contributed by atoms with Gasteiger partial charge in [0.15, 0.2) is 11.5 Å². The highest BCUT2D eigenvalue weighted by Gasteiger charge is 2.07. The lowest BCUT2D eigenvalue weighted by Crippen LogP contribution is -2.12. The molecule has 0 saturated heterocycles. The molecule has 100 valence electrons. The van der Waals surface area contributed by atoms with Gasteiger partial charge >= 0.3 is 0 Å². The van der Waals surface area contributed by atoms with E-state index in [-0.39, 0.29) is 0 Å². The molecule has 2 aromatic rings. The van der Waals surface area contributed by atoms with Crippen LogP contribution in [0.25, 0.3) is 0 Å². The van der Waals surface area contributed by atoms with Crippen molar-refractivity contribution in [2.24, 2.45) is 0 Å². The Balaban J connectivity index is 2.22. The Morgan fingerprint density at radius 3 is 2.21 bits per heavy atom. The van der Waals surface area contributed by atoms with Gasteiger partial charge < -0.3 is 14.8 Å². The number of ether oxygens (including phenoxy) is 2. The van der Waals surface area contributed by atoms with Gasteiger partial charge in [-0.25, -0.2) is 0 Å². The summed E-state index contributed by atoms with van der Waals surface area (Å²) in [7, 11) is 1.65. The van der Waals surface area contributed by atoms with E-state index in [1.54, 1.807) is 7.11 Å². The highest BCUT2D eigenvalue weighted by molar-refractivity contribution is 5.44. The van der Waals surface area contributed by atoms with E-state index in [0.29, 0.717) is 0 Å². The van der Waals surface area contributed by atoms with E-state index in [2.05, 4.69) is 18.3 Å². The van der Waals surface area contributed by atoms with Crippen LogP contribution >= 0.6 is 0 Å². The van der Waals surface area contributed by atoms with Crippen molar-refractivity contribution in [2.45, 2.75) is 13.5 Å². The van der Waals surface area contributed by atoms with E-state index in [1.165, 1.54) is 0 Å². The number of methoxy groups -OCH3 is 1. The Kier molecular flexibility index (Phi) is 4.81. The minimum absolute atomic E-state index is 0.731. The Morgan fingerprint density at radius 2 is 1.53 bits per heavy atom. The predicted octanol–water partition coefficient (Wildman–Crippen LogP) is 3.60. The lowest BCUT2D eigenvalue weighted by atomic mass is 10.2. The molecule has 0 aliphatic rings. The minimum atomic E-state index is 0.731. The van der Waals surface area contributed by atoms with Crippen molar-refractivity contribution < 1.29 is 9.47 Å². The van der Waals surface area contributed by atoms with Crippen LogP contribution in [0, 0.1) is 0 Å². The maximum Gasteiger partial charge on any atom is 0.169 e. The molecular formula is C16H19NO2. The van der Waals surface area contributed by atoms with Crippen LogP contribution in [0.2, 0.25) is 0 Å². The fourth-order valence-electron chi connectivity index (χ4n) is 1.83. The summed E-state index contributed by atoms with van der Waals surface area (Å²) in [6.45, 7) is 3.81. The van der Waals surface area contributed by atoms with Crippen molar-refractivity contribution in [1.82, 2.24) is 5.32 Å². The molecule has 0 spiro atoms. The summed E-state index contributed by atoms with van der Waals surface area (Å²) in [5, 5.41) is 3.31. The first-order valence-corrected chi connectivity index (χ1v) is 6.44. The topological polar surface area (TPSA) is 30.5 Å². The van der Waals surface area contributed by atoms with Gasteiger partial charge in [0.05, 0.1) is 7.11 Å². The molecule has 0 bridgehead atoms. The summed E-state index contributed by atoms with van der Waals surface area (Å²) in [5.74, 6) is 2.32. The smallest absolute Gasteiger partial charge is 0.169 e. The molecule has 0 atom stereocenters. The first kappa shape index (κ1) is 13.4. The Labute approximate surface area is 114 Å². The molecule has 0 saturated carbocycles. The number of hydrogen-bond donors (Lipinski definition) is 1. The molecule has 0 aliphatic carbocycles. The van der Waals surface area contributed by atoms with E-state index < -0.39 is 0 Å². The summed E-state index contributed by atoms with van der Waals surface area (Å²) >= 11 is 0. The van der Waals surface area contributed by atoms with Gasteiger partial charge in [0, 0.05) is 12.1 Å². The zero-order valence-corrected chi connectivity index (χ0v) is 11.3. The van der Waals surface area contributed by atoms with Crippen LogP contribution in [0.15, 0.2) is 48.5 Å². The fourth-order valence-corrected chi connectivity index (χ4v) is 1.83. The van der Waals surface area contributed by atoms with Gasteiger partial charge in [0.1, 0.15) is 5.75 Å². The lowest BCUT2D eigenvalue weighted by Gasteiger charge is -2.13. The third-order valence-corrected chi connectivity index (χ3v) is 2.83. The number of benzene rings is 2. The van der Waals surface area contributed by atoms with Gasteiger partial charge in [0.2, 0.25) is 0 Å². The molecule has 0 radical (unpaired) electrons. The van der Waals surface area contributed by atoms with Gasteiger partial charge in [0.25, 0.3) is 0 Å². The highest BCUT2D eigenvalue weighted by atomic mass is 16.5. The Bertz CT molecular complexity index is 526. The molecule has 0 unspecified atom stereocenters. The standard InChI is InChI=1S/C16H19NO2/c1-3-17-12-13-8-4-5-9-14(13)19-16-11-7-6-10-15(16)18-2/h4-11,17H,3,12H2,1-2H3. The van der Waals surface area contributed by atoms with Crippen LogP contribution in [0.3, 0.4) is 0 Å². The molecule has 2 aromatic carbocycles. The van der Waals surface area contributed by atoms with Crippen molar-refractivity contribution in [3.63, 3.8) is 0 Å². The lowest BCUT2D eigenvalue weighted by molar-refractivity contribution is 0.377. The molecule has 0 aromatic heterocycles. The minimum Gasteiger partial charge on any atom is -0.493 e. The zero-order valence-electron chi connectivity index (χ0n) is 11.3. The zero-order chi connectivity index (χ0) is 13.5. The van der Waals surface area contributed by atoms with Crippen LogP contribution in [-0.4, -0.2) is 13.7 Å². The van der Waals surface area contributed by atoms with Crippen LogP contribution in [0.1, 0.15) is 12.5 Å². The Morgan fingerprint density at radius 1 is 0.895 bits per heavy atom. The van der Waals surface area contributed by atoms with E-state index in [9.17, 15) is 0 Å². The molecule has 3 nitrogen and oxygen atoms in total. The molecule has 19 heavy (non-hydrogen) atoms. The number of nitrogens with one attached hydrogen (secondary N) is 1. The van der Waals surface area contributed by atoms with E-state index >= 15 is 0 Å². The molecule has 0 amide bonds. The predicted molar refractivity (Wildman–Crippen MR) is 76.9 cm³/mol. The Hall–Kier alpha value is -2.00. The highest BCUT2D eigenvalue weighted by Crippen LogP contribution is 2.32. The normalized spacial score (nSPS) is 10.2. The largest absolute Gasteiger partial charge is 0.493 e. The van der Waals surface area contributed by atoms with Crippen LogP contribution in [0.5, 0.6) is 17.2 Å². The van der Waals surface area contributed by atoms with E-state index in [4.69, 9.17) is 9.47 Å². The second kappa shape index (κ2) is 6.81. The van der Waals surface area contributed by atoms with Crippen molar-refractivity contribution in [1.29, 1.82) is 0 Å². The summed E-state index contributed by atoms with van der Waals surface area (Å²) in [4.78, 5) is 0. The van der Waals surface area contributed by atoms with E-state index in [0.717, 1.165) is 35.9 Å². The molecule has 1 N–H and O–H groups in total. The molecule has 0 heterocycles. The number of rotatable bonds is 6. The monoisotopic (exact) mass is 257 g/mol. The van der Waals surface area contributed by atoms with Crippen LogP contribution in [0.4, 0.5) is 0 Å². The summed E-state index contributed by atoms with van der Waals surface area (Å²) < 4.78 is 11.3.